The van der Waals surface area contributed by atoms with Crippen LogP contribution in [0, 0.1) is 17.5 Å². The summed E-state index contributed by atoms with van der Waals surface area (Å²) in [7, 11) is 0. The van der Waals surface area contributed by atoms with Gasteiger partial charge in [0.05, 0.1) is 5.69 Å². The molecule has 4 nitrogen and oxygen atoms in total. The molecule has 2 aromatic carbocycles. The van der Waals surface area contributed by atoms with Crippen LogP contribution in [0.5, 0.6) is 11.5 Å². The number of rotatable bonds is 3. The van der Waals surface area contributed by atoms with Crippen LogP contribution in [0.2, 0.25) is 0 Å². The van der Waals surface area contributed by atoms with E-state index in [4.69, 9.17) is 15.6 Å². The SMILES string of the molecule is Nc1c(F)ccc(Oc2cccc(F)c2F)c1C(=O)O. The number of ether oxygens (including phenoxy) is 1. The Morgan fingerprint density at radius 2 is 1.75 bits per heavy atom. The maximum Gasteiger partial charge on any atom is 0.341 e. The number of carbonyl (C=O) groups is 1. The number of anilines is 1. The predicted octanol–water partition coefficient (Wildman–Crippen LogP) is 3.18. The molecule has 0 aliphatic heterocycles. The summed E-state index contributed by atoms with van der Waals surface area (Å²) in [5, 5.41) is 8.98. The van der Waals surface area contributed by atoms with E-state index in [1.165, 1.54) is 6.07 Å². The normalized spacial score (nSPS) is 10.3. The first-order valence-corrected chi connectivity index (χ1v) is 5.35. The summed E-state index contributed by atoms with van der Waals surface area (Å²) < 4.78 is 44.7. The lowest BCUT2D eigenvalue weighted by Crippen LogP contribution is -2.07. The van der Waals surface area contributed by atoms with Crippen molar-refractivity contribution in [3.8, 4) is 11.5 Å². The van der Waals surface area contributed by atoms with Crippen molar-refractivity contribution < 1.29 is 27.8 Å². The predicted molar refractivity (Wildman–Crippen MR) is 64.2 cm³/mol. The summed E-state index contributed by atoms with van der Waals surface area (Å²) in [4.78, 5) is 11.0. The van der Waals surface area contributed by atoms with Gasteiger partial charge in [0.15, 0.2) is 11.6 Å². The van der Waals surface area contributed by atoms with Gasteiger partial charge >= 0.3 is 5.97 Å². The molecule has 0 saturated heterocycles. The number of aromatic carboxylic acids is 1. The summed E-state index contributed by atoms with van der Waals surface area (Å²) in [5.74, 6) is -5.86. The minimum Gasteiger partial charge on any atom is -0.477 e. The highest BCUT2D eigenvalue weighted by Crippen LogP contribution is 2.32. The number of hydrogen-bond donors (Lipinski definition) is 2. The van der Waals surface area contributed by atoms with Crippen molar-refractivity contribution in [2.45, 2.75) is 0 Å². The van der Waals surface area contributed by atoms with Gasteiger partial charge in [-0.1, -0.05) is 6.07 Å². The number of carboxylic acid groups (broad SMARTS) is 1. The third-order valence-corrected chi connectivity index (χ3v) is 2.50. The second-order valence-corrected chi connectivity index (χ2v) is 3.79. The van der Waals surface area contributed by atoms with E-state index in [0.717, 1.165) is 24.3 Å². The Kier molecular flexibility index (Phi) is 3.51. The number of halogens is 3. The zero-order valence-corrected chi connectivity index (χ0v) is 9.86. The third kappa shape index (κ3) is 2.37. The van der Waals surface area contributed by atoms with E-state index >= 15 is 0 Å². The van der Waals surface area contributed by atoms with Crippen molar-refractivity contribution in [3.05, 3.63) is 53.3 Å². The summed E-state index contributed by atoms with van der Waals surface area (Å²) in [6, 6.07) is 5.00. The Labute approximate surface area is 111 Å². The van der Waals surface area contributed by atoms with Crippen molar-refractivity contribution in [2.24, 2.45) is 0 Å². The molecule has 0 aliphatic carbocycles. The van der Waals surface area contributed by atoms with Crippen LogP contribution in [0.1, 0.15) is 10.4 Å². The molecule has 0 aliphatic rings. The highest BCUT2D eigenvalue weighted by molar-refractivity contribution is 5.97. The van der Waals surface area contributed by atoms with Crippen LogP contribution < -0.4 is 10.5 Å². The molecule has 3 N–H and O–H groups in total. The van der Waals surface area contributed by atoms with E-state index in [-0.39, 0.29) is 5.75 Å². The Morgan fingerprint density at radius 3 is 2.40 bits per heavy atom. The standard InChI is InChI=1S/C13H8F3NO3/c14-6-2-1-3-9(11(6)16)20-8-5-4-7(15)12(17)10(8)13(18)19/h1-5H,17H2,(H,18,19). The lowest BCUT2D eigenvalue weighted by atomic mass is 10.1. The molecule has 0 bridgehead atoms. The van der Waals surface area contributed by atoms with Gasteiger partial charge in [-0.3, -0.25) is 0 Å². The zero-order chi connectivity index (χ0) is 14.9. The van der Waals surface area contributed by atoms with Gasteiger partial charge in [0, 0.05) is 0 Å². The molecular weight excluding hydrogens is 275 g/mol. The Bertz CT molecular complexity index is 689. The summed E-state index contributed by atoms with van der Waals surface area (Å²) in [6.45, 7) is 0. The minimum atomic E-state index is -1.55. The van der Waals surface area contributed by atoms with Gasteiger partial charge in [0.25, 0.3) is 0 Å². The molecule has 0 unspecified atom stereocenters. The molecule has 0 aromatic heterocycles. The van der Waals surface area contributed by atoms with E-state index in [2.05, 4.69) is 0 Å². The molecular formula is C13H8F3NO3. The zero-order valence-electron chi connectivity index (χ0n) is 9.86. The van der Waals surface area contributed by atoms with Crippen LogP contribution in [0.3, 0.4) is 0 Å². The highest BCUT2D eigenvalue weighted by Gasteiger charge is 2.20. The molecule has 7 heteroatoms. The number of carboxylic acids is 1. The third-order valence-electron chi connectivity index (χ3n) is 2.50. The highest BCUT2D eigenvalue weighted by atomic mass is 19.2. The van der Waals surface area contributed by atoms with Crippen molar-refractivity contribution in [1.29, 1.82) is 0 Å². The second-order valence-electron chi connectivity index (χ2n) is 3.79. The van der Waals surface area contributed by atoms with Crippen molar-refractivity contribution in [1.82, 2.24) is 0 Å². The van der Waals surface area contributed by atoms with E-state index in [0.29, 0.717) is 0 Å². The molecule has 20 heavy (non-hydrogen) atoms. The molecule has 0 amide bonds. The molecule has 0 radical (unpaired) electrons. The molecule has 0 heterocycles. The molecule has 2 aromatic rings. The van der Waals surface area contributed by atoms with Crippen molar-refractivity contribution >= 4 is 11.7 Å². The quantitative estimate of drug-likeness (QED) is 0.848. The number of nitrogen functional groups attached to an aromatic ring is 1. The Hall–Kier alpha value is -2.70. The number of benzene rings is 2. The molecule has 0 atom stereocenters. The molecule has 0 fully saturated rings. The van der Waals surface area contributed by atoms with Gasteiger partial charge < -0.3 is 15.6 Å². The molecule has 104 valence electrons. The van der Waals surface area contributed by atoms with Gasteiger partial charge in [0.2, 0.25) is 5.82 Å². The number of hydrogen-bond acceptors (Lipinski definition) is 3. The lowest BCUT2D eigenvalue weighted by Gasteiger charge is -2.11. The van der Waals surface area contributed by atoms with Crippen LogP contribution in [-0.2, 0) is 0 Å². The van der Waals surface area contributed by atoms with Crippen LogP contribution in [0.25, 0.3) is 0 Å². The van der Waals surface area contributed by atoms with Crippen LogP contribution >= 0.6 is 0 Å². The average Bonchev–Trinajstić information content (AvgIpc) is 2.39. The Morgan fingerprint density at radius 1 is 1.05 bits per heavy atom. The van der Waals surface area contributed by atoms with Gasteiger partial charge in [-0.25, -0.2) is 13.6 Å². The minimum absolute atomic E-state index is 0.388. The summed E-state index contributed by atoms with van der Waals surface area (Å²) in [6.07, 6.45) is 0. The fourth-order valence-corrected chi connectivity index (χ4v) is 1.56. The first-order chi connectivity index (χ1) is 9.41. The van der Waals surface area contributed by atoms with E-state index < -0.39 is 40.4 Å². The van der Waals surface area contributed by atoms with Gasteiger partial charge in [0.1, 0.15) is 17.1 Å². The van der Waals surface area contributed by atoms with Crippen LogP contribution in [0.4, 0.5) is 18.9 Å². The van der Waals surface area contributed by atoms with E-state index in [9.17, 15) is 18.0 Å². The fraction of sp³-hybridized carbons (Fsp3) is 0. The molecule has 0 spiro atoms. The topological polar surface area (TPSA) is 72.5 Å². The monoisotopic (exact) mass is 283 g/mol. The largest absolute Gasteiger partial charge is 0.477 e. The summed E-state index contributed by atoms with van der Waals surface area (Å²) >= 11 is 0. The molecule has 0 saturated carbocycles. The molecule has 2 rings (SSSR count). The fourth-order valence-electron chi connectivity index (χ4n) is 1.56. The van der Waals surface area contributed by atoms with E-state index in [1.807, 2.05) is 0 Å². The second kappa shape index (κ2) is 5.12. The first-order valence-electron chi connectivity index (χ1n) is 5.35. The van der Waals surface area contributed by atoms with Crippen LogP contribution in [0.15, 0.2) is 30.3 Å². The lowest BCUT2D eigenvalue weighted by molar-refractivity contribution is 0.0694. The van der Waals surface area contributed by atoms with Crippen LogP contribution in [-0.4, -0.2) is 11.1 Å². The maximum absolute atomic E-state index is 13.4. The van der Waals surface area contributed by atoms with Crippen molar-refractivity contribution in [2.75, 3.05) is 5.73 Å². The first kappa shape index (κ1) is 13.7. The summed E-state index contributed by atoms with van der Waals surface area (Å²) in [5.41, 5.74) is 4.00. The van der Waals surface area contributed by atoms with Crippen molar-refractivity contribution in [3.63, 3.8) is 0 Å². The average molecular weight is 283 g/mol. The van der Waals surface area contributed by atoms with Gasteiger partial charge in [-0.2, -0.15) is 4.39 Å². The maximum atomic E-state index is 13.4. The van der Waals surface area contributed by atoms with Gasteiger partial charge in [-0.15, -0.1) is 0 Å². The van der Waals surface area contributed by atoms with E-state index in [1.54, 1.807) is 0 Å². The number of nitrogens with two attached hydrogens (primary N) is 1. The smallest absolute Gasteiger partial charge is 0.341 e. The van der Waals surface area contributed by atoms with Gasteiger partial charge in [-0.05, 0) is 24.3 Å². The Balaban J connectivity index is 2.52.